The normalized spacial score (nSPS) is 12.9. The van der Waals surface area contributed by atoms with E-state index in [1.807, 2.05) is 31.2 Å². The second-order valence-corrected chi connectivity index (χ2v) is 4.68. The van der Waals surface area contributed by atoms with Crippen LogP contribution in [0.25, 0.3) is 0 Å². The molecule has 0 spiro atoms. The van der Waals surface area contributed by atoms with Crippen molar-refractivity contribution in [1.82, 2.24) is 5.32 Å². The maximum Gasteiger partial charge on any atom is 0.252 e. The van der Waals surface area contributed by atoms with Crippen molar-refractivity contribution >= 4 is 5.91 Å². The summed E-state index contributed by atoms with van der Waals surface area (Å²) in [6, 6.07) is 7.55. The van der Waals surface area contributed by atoms with Gasteiger partial charge in [-0.1, -0.05) is 12.1 Å². The molecule has 0 aromatic heterocycles. The maximum atomic E-state index is 11.9. The standard InChI is InChI=1S/C14H21NO3/c1-10(15-13(16)14(2,3)18-5)11-6-8-12(17-4)9-7-11/h6-10H,1-5H3,(H,15,16). The van der Waals surface area contributed by atoms with Crippen LogP contribution < -0.4 is 10.1 Å². The number of amides is 1. The van der Waals surface area contributed by atoms with E-state index in [0.29, 0.717) is 0 Å². The van der Waals surface area contributed by atoms with Gasteiger partial charge in [-0.15, -0.1) is 0 Å². The molecule has 18 heavy (non-hydrogen) atoms. The van der Waals surface area contributed by atoms with Crippen molar-refractivity contribution < 1.29 is 14.3 Å². The monoisotopic (exact) mass is 251 g/mol. The predicted octanol–water partition coefficient (Wildman–Crippen LogP) is 2.30. The molecule has 1 rings (SSSR count). The number of carbonyl (C=O) groups is 1. The first-order valence-electron chi connectivity index (χ1n) is 5.90. The van der Waals surface area contributed by atoms with Gasteiger partial charge in [0.2, 0.25) is 0 Å². The summed E-state index contributed by atoms with van der Waals surface area (Å²) in [7, 11) is 3.15. The lowest BCUT2D eigenvalue weighted by molar-refractivity contribution is -0.140. The second-order valence-electron chi connectivity index (χ2n) is 4.68. The van der Waals surface area contributed by atoms with Crippen LogP contribution in [0.5, 0.6) is 5.75 Å². The molecular weight excluding hydrogens is 230 g/mol. The maximum absolute atomic E-state index is 11.9. The van der Waals surface area contributed by atoms with E-state index in [2.05, 4.69) is 5.32 Å². The molecule has 1 unspecified atom stereocenters. The lowest BCUT2D eigenvalue weighted by Crippen LogP contribution is -2.44. The number of nitrogens with one attached hydrogen (secondary N) is 1. The van der Waals surface area contributed by atoms with E-state index in [4.69, 9.17) is 9.47 Å². The average Bonchev–Trinajstić information content (AvgIpc) is 2.38. The minimum Gasteiger partial charge on any atom is -0.497 e. The Labute approximate surface area is 108 Å². The molecule has 0 radical (unpaired) electrons. The Morgan fingerprint density at radius 1 is 1.22 bits per heavy atom. The van der Waals surface area contributed by atoms with E-state index < -0.39 is 5.60 Å². The van der Waals surface area contributed by atoms with Crippen LogP contribution >= 0.6 is 0 Å². The lowest BCUT2D eigenvalue weighted by atomic mass is 10.1. The third-order valence-electron chi connectivity index (χ3n) is 3.02. The quantitative estimate of drug-likeness (QED) is 0.873. The molecule has 0 aliphatic carbocycles. The summed E-state index contributed by atoms with van der Waals surface area (Å²) in [4.78, 5) is 11.9. The van der Waals surface area contributed by atoms with Gasteiger partial charge in [0.15, 0.2) is 0 Å². The summed E-state index contributed by atoms with van der Waals surface area (Å²) in [5.41, 5.74) is 0.205. The highest BCUT2D eigenvalue weighted by Crippen LogP contribution is 2.18. The Bertz CT molecular complexity index is 398. The van der Waals surface area contributed by atoms with Crippen LogP contribution in [0.2, 0.25) is 0 Å². The minimum absolute atomic E-state index is 0.0715. The molecule has 0 aliphatic heterocycles. The Kier molecular flexibility index (Phi) is 4.73. The van der Waals surface area contributed by atoms with Gasteiger partial charge in [0.05, 0.1) is 13.2 Å². The van der Waals surface area contributed by atoms with E-state index >= 15 is 0 Å². The molecule has 0 saturated heterocycles. The second kappa shape index (κ2) is 5.87. The number of ether oxygens (including phenoxy) is 2. The summed E-state index contributed by atoms with van der Waals surface area (Å²) >= 11 is 0. The fraction of sp³-hybridized carbons (Fsp3) is 0.500. The smallest absolute Gasteiger partial charge is 0.252 e. The first kappa shape index (κ1) is 14.5. The first-order chi connectivity index (χ1) is 8.40. The molecule has 0 aliphatic rings. The average molecular weight is 251 g/mol. The SMILES string of the molecule is COc1ccc(C(C)NC(=O)C(C)(C)OC)cc1. The van der Waals surface area contributed by atoms with Crippen molar-refractivity contribution in [2.24, 2.45) is 0 Å². The molecule has 0 fully saturated rings. The minimum atomic E-state index is -0.819. The van der Waals surface area contributed by atoms with E-state index in [-0.39, 0.29) is 11.9 Å². The third kappa shape index (κ3) is 3.47. The van der Waals surface area contributed by atoms with E-state index in [1.165, 1.54) is 7.11 Å². The van der Waals surface area contributed by atoms with Crippen LogP contribution in [0.15, 0.2) is 24.3 Å². The zero-order valence-corrected chi connectivity index (χ0v) is 11.6. The molecule has 0 bridgehead atoms. The van der Waals surface area contributed by atoms with Crippen LogP contribution in [-0.4, -0.2) is 25.7 Å². The van der Waals surface area contributed by atoms with Crippen LogP contribution in [0.1, 0.15) is 32.4 Å². The molecule has 1 atom stereocenters. The summed E-state index contributed by atoms with van der Waals surface area (Å²) in [6.45, 7) is 5.41. The number of rotatable bonds is 5. The molecule has 1 aromatic rings. The van der Waals surface area contributed by atoms with Crippen molar-refractivity contribution in [2.45, 2.75) is 32.4 Å². The van der Waals surface area contributed by atoms with Gasteiger partial charge < -0.3 is 14.8 Å². The molecule has 1 amide bonds. The predicted molar refractivity (Wildman–Crippen MR) is 70.6 cm³/mol. The number of carbonyl (C=O) groups excluding carboxylic acids is 1. The molecule has 1 aromatic carbocycles. The van der Waals surface area contributed by atoms with E-state index in [9.17, 15) is 4.79 Å². The zero-order chi connectivity index (χ0) is 13.8. The Morgan fingerprint density at radius 2 is 1.78 bits per heavy atom. The fourth-order valence-electron chi connectivity index (χ4n) is 1.44. The van der Waals surface area contributed by atoms with Crippen molar-refractivity contribution in [2.75, 3.05) is 14.2 Å². The van der Waals surface area contributed by atoms with Crippen molar-refractivity contribution in [3.8, 4) is 5.75 Å². The molecule has 4 heteroatoms. The lowest BCUT2D eigenvalue weighted by Gasteiger charge is -2.24. The van der Waals surface area contributed by atoms with Crippen LogP contribution in [0.3, 0.4) is 0 Å². The topological polar surface area (TPSA) is 47.6 Å². The molecule has 1 N–H and O–H groups in total. The van der Waals surface area contributed by atoms with Crippen molar-refractivity contribution in [1.29, 1.82) is 0 Å². The van der Waals surface area contributed by atoms with E-state index in [0.717, 1.165) is 11.3 Å². The van der Waals surface area contributed by atoms with Gasteiger partial charge in [0, 0.05) is 7.11 Å². The third-order valence-corrected chi connectivity index (χ3v) is 3.02. The van der Waals surface area contributed by atoms with Crippen LogP contribution in [0.4, 0.5) is 0 Å². The summed E-state index contributed by atoms with van der Waals surface area (Å²) < 4.78 is 10.2. The molecular formula is C14H21NO3. The Morgan fingerprint density at radius 3 is 2.22 bits per heavy atom. The molecule has 0 saturated carbocycles. The summed E-state index contributed by atoms with van der Waals surface area (Å²) in [5.74, 6) is 0.669. The highest BCUT2D eigenvalue weighted by molar-refractivity contribution is 5.84. The van der Waals surface area contributed by atoms with Crippen LogP contribution in [0, 0.1) is 0 Å². The first-order valence-corrected chi connectivity index (χ1v) is 5.90. The van der Waals surface area contributed by atoms with Gasteiger partial charge in [0.25, 0.3) is 5.91 Å². The molecule has 0 heterocycles. The van der Waals surface area contributed by atoms with Gasteiger partial charge in [-0.2, -0.15) is 0 Å². The van der Waals surface area contributed by atoms with Crippen molar-refractivity contribution in [3.05, 3.63) is 29.8 Å². The number of hydrogen-bond donors (Lipinski definition) is 1. The number of hydrogen-bond acceptors (Lipinski definition) is 3. The number of benzene rings is 1. The van der Waals surface area contributed by atoms with Crippen LogP contribution in [-0.2, 0) is 9.53 Å². The highest BCUT2D eigenvalue weighted by Gasteiger charge is 2.28. The molecule has 4 nitrogen and oxygen atoms in total. The number of methoxy groups -OCH3 is 2. The van der Waals surface area contributed by atoms with Gasteiger partial charge >= 0.3 is 0 Å². The van der Waals surface area contributed by atoms with Gasteiger partial charge in [0.1, 0.15) is 11.4 Å². The van der Waals surface area contributed by atoms with Gasteiger partial charge in [-0.25, -0.2) is 0 Å². The molecule has 100 valence electrons. The van der Waals surface area contributed by atoms with Gasteiger partial charge in [-0.05, 0) is 38.5 Å². The van der Waals surface area contributed by atoms with Crippen molar-refractivity contribution in [3.63, 3.8) is 0 Å². The summed E-state index contributed by atoms with van der Waals surface area (Å²) in [6.07, 6.45) is 0. The highest BCUT2D eigenvalue weighted by atomic mass is 16.5. The van der Waals surface area contributed by atoms with E-state index in [1.54, 1.807) is 21.0 Å². The zero-order valence-electron chi connectivity index (χ0n) is 11.6. The Hall–Kier alpha value is -1.55. The fourth-order valence-corrected chi connectivity index (χ4v) is 1.44. The summed E-state index contributed by atoms with van der Waals surface area (Å²) in [5, 5.41) is 2.92. The Balaban J connectivity index is 2.70. The largest absolute Gasteiger partial charge is 0.497 e. The van der Waals surface area contributed by atoms with Gasteiger partial charge in [-0.3, -0.25) is 4.79 Å².